The molecule has 2 N–H and O–H groups in total. The highest BCUT2D eigenvalue weighted by molar-refractivity contribution is 5.54. The highest BCUT2D eigenvalue weighted by Gasteiger charge is 2.06. The molecule has 0 aliphatic rings. The van der Waals surface area contributed by atoms with Gasteiger partial charge in [-0.3, -0.25) is 0 Å². The van der Waals surface area contributed by atoms with Gasteiger partial charge in [-0.1, -0.05) is 25.5 Å². The molecule has 0 unspecified atom stereocenters. The number of rotatable bonds is 7. The van der Waals surface area contributed by atoms with Crippen molar-refractivity contribution < 1.29 is 4.74 Å². The molecule has 112 valence electrons. The van der Waals surface area contributed by atoms with Gasteiger partial charge in [0.15, 0.2) is 0 Å². The summed E-state index contributed by atoms with van der Waals surface area (Å²) in [6.45, 7) is 4.89. The highest BCUT2D eigenvalue weighted by atomic mass is 16.5. The standard InChI is InChI=1S/C15H21N5O/c1-4-6-11-7-9-12(10-8-11)17-14-18-13(16-5-2)19-15(20-14)21-3/h7-10H,4-6H2,1-3H3,(H2,16,17,18,19,20). The molecule has 0 saturated heterocycles. The predicted octanol–water partition coefficient (Wildman–Crippen LogP) is 3.01. The fourth-order valence-electron chi connectivity index (χ4n) is 1.91. The van der Waals surface area contributed by atoms with Gasteiger partial charge in [-0.15, -0.1) is 0 Å². The Labute approximate surface area is 125 Å². The van der Waals surface area contributed by atoms with E-state index in [1.54, 1.807) is 0 Å². The van der Waals surface area contributed by atoms with Crippen LogP contribution in [0.2, 0.25) is 0 Å². The molecule has 1 aromatic heterocycles. The van der Waals surface area contributed by atoms with Crippen LogP contribution in [0.1, 0.15) is 25.8 Å². The third-order valence-corrected chi connectivity index (χ3v) is 2.88. The van der Waals surface area contributed by atoms with Crippen molar-refractivity contribution in [3.05, 3.63) is 29.8 Å². The topological polar surface area (TPSA) is 72.0 Å². The fourth-order valence-corrected chi connectivity index (χ4v) is 1.91. The van der Waals surface area contributed by atoms with Crippen molar-refractivity contribution in [1.82, 2.24) is 15.0 Å². The molecule has 0 fully saturated rings. The first-order chi connectivity index (χ1) is 10.2. The summed E-state index contributed by atoms with van der Waals surface area (Å²) < 4.78 is 5.09. The van der Waals surface area contributed by atoms with Crippen LogP contribution in [0.15, 0.2) is 24.3 Å². The molecule has 0 saturated carbocycles. The van der Waals surface area contributed by atoms with E-state index in [-0.39, 0.29) is 6.01 Å². The summed E-state index contributed by atoms with van der Waals surface area (Å²) in [5.41, 5.74) is 2.26. The molecule has 6 nitrogen and oxygen atoms in total. The average Bonchev–Trinajstić information content (AvgIpc) is 2.49. The van der Waals surface area contributed by atoms with Crippen LogP contribution in [-0.4, -0.2) is 28.6 Å². The van der Waals surface area contributed by atoms with Crippen LogP contribution < -0.4 is 15.4 Å². The van der Waals surface area contributed by atoms with Crippen LogP contribution in [0.5, 0.6) is 6.01 Å². The molecule has 0 spiro atoms. The number of methoxy groups -OCH3 is 1. The summed E-state index contributed by atoms with van der Waals surface area (Å²) >= 11 is 0. The van der Waals surface area contributed by atoms with Crippen LogP contribution >= 0.6 is 0 Å². The van der Waals surface area contributed by atoms with Crippen LogP contribution in [-0.2, 0) is 6.42 Å². The number of nitrogens with one attached hydrogen (secondary N) is 2. The smallest absolute Gasteiger partial charge is 0.322 e. The molecule has 0 aliphatic heterocycles. The minimum Gasteiger partial charge on any atom is -0.467 e. The van der Waals surface area contributed by atoms with Gasteiger partial charge in [0.25, 0.3) is 0 Å². The second-order valence-electron chi connectivity index (χ2n) is 4.57. The number of benzene rings is 1. The van der Waals surface area contributed by atoms with E-state index < -0.39 is 0 Å². The molecule has 6 heteroatoms. The Morgan fingerprint density at radius 3 is 2.33 bits per heavy atom. The number of aromatic nitrogens is 3. The third kappa shape index (κ3) is 4.30. The Bertz CT molecular complexity index is 571. The number of hydrogen-bond acceptors (Lipinski definition) is 6. The van der Waals surface area contributed by atoms with Crippen molar-refractivity contribution in [2.24, 2.45) is 0 Å². The van der Waals surface area contributed by atoms with Gasteiger partial charge in [0, 0.05) is 12.2 Å². The van der Waals surface area contributed by atoms with E-state index in [1.165, 1.54) is 12.7 Å². The molecule has 0 bridgehead atoms. The van der Waals surface area contributed by atoms with E-state index in [1.807, 2.05) is 19.1 Å². The zero-order valence-electron chi connectivity index (χ0n) is 12.7. The van der Waals surface area contributed by atoms with Crippen molar-refractivity contribution in [1.29, 1.82) is 0 Å². The molecule has 1 aromatic carbocycles. The van der Waals surface area contributed by atoms with Crippen molar-refractivity contribution in [3.8, 4) is 6.01 Å². The normalized spacial score (nSPS) is 10.2. The molecule has 21 heavy (non-hydrogen) atoms. The summed E-state index contributed by atoms with van der Waals surface area (Å²) in [4.78, 5) is 12.6. The van der Waals surface area contributed by atoms with Crippen molar-refractivity contribution in [2.75, 3.05) is 24.3 Å². The lowest BCUT2D eigenvalue weighted by molar-refractivity contribution is 0.379. The Hall–Kier alpha value is -2.37. The van der Waals surface area contributed by atoms with Gasteiger partial charge in [-0.05, 0) is 31.0 Å². The number of anilines is 3. The fraction of sp³-hybridized carbons (Fsp3) is 0.400. The summed E-state index contributed by atoms with van der Waals surface area (Å²) in [6, 6.07) is 8.54. The summed E-state index contributed by atoms with van der Waals surface area (Å²) in [5.74, 6) is 0.954. The predicted molar refractivity (Wildman–Crippen MR) is 84.3 cm³/mol. The van der Waals surface area contributed by atoms with Gasteiger partial charge in [0.2, 0.25) is 11.9 Å². The molecular formula is C15H21N5O. The van der Waals surface area contributed by atoms with E-state index >= 15 is 0 Å². The van der Waals surface area contributed by atoms with Crippen LogP contribution in [0, 0.1) is 0 Å². The molecule has 0 radical (unpaired) electrons. The van der Waals surface area contributed by atoms with Crippen LogP contribution in [0.4, 0.5) is 17.6 Å². The Morgan fingerprint density at radius 1 is 1.00 bits per heavy atom. The summed E-state index contributed by atoms with van der Waals surface area (Å²) in [7, 11) is 1.54. The Morgan fingerprint density at radius 2 is 1.71 bits per heavy atom. The molecule has 2 aromatic rings. The monoisotopic (exact) mass is 287 g/mol. The van der Waals surface area contributed by atoms with Gasteiger partial charge in [0.05, 0.1) is 7.11 Å². The Balaban J connectivity index is 2.15. The van der Waals surface area contributed by atoms with Gasteiger partial charge in [0.1, 0.15) is 0 Å². The van der Waals surface area contributed by atoms with Crippen molar-refractivity contribution in [2.45, 2.75) is 26.7 Å². The van der Waals surface area contributed by atoms with E-state index in [0.29, 0.717) is 11.9 Å². The van der Waals surface area contributed by atoms with E-state index in [0.717, 1.165) is 25.1 Å². The quantitative estimate of drug-likeness (QED) is 0.815. The lowest BCUT2D eigenvalue weighted by Gasteiger charge is -2.09. The second-order valence-corrected chi connectivity index (χ2v) is 4.57. The van der Waals surface area contributed by atoms with E-state index in [2.05, 4.69) is 44.6 Å². The molecular weight excluding hydrogens is 266 g/mol. The molecule has 0 aliphatic carbocycles. The van der Waals surface area contributed by atoms with Crippen molar-refractivity contribution in [3.63, 3.8) is 0 Å². The number of ether oxygens (including phenoxy) is 1. The highest BCUT2D eigenvalue weighted by Crippen LogP contribution is 2.17. The van der Waals surface area contributed by atoms with Gasteiger partial charge < -0.3 is 15.4 Å². The Kier molecular flexibility index (Phi) is 5.31. The lowest BCUT2D eigenvalue weighted by Crippen LogP contribution is -2.07. The number of nitrogens with zero attached hydrogens (tertiary/aromatic N) is 3. The maximum atomic E-state index is 5.09. The number of hydrogen-bond donors (Lipinski definition) is 2. The van der Waals surface area contributed by atoms with E-state index in [9.17, 15) is 0 Å². The van der Waals surface area contributed by atoms with Crippen molar-refractivity contribution >= 4 is 17.6 Å². The lowest BCUT2D eigenvalue weighted by atomic mass is 10.1. The van der Waals surface area contributed by atoms with Crippen LogP contribution in [0.3, 0.4) is 0 Å². The number of aryl methyl sites for hydroxylation is 1. The molecule has 2 rings (SSSR count). The zero-order valence-corrected chi connectivity index (χ0v) is 12.7. The van der Waals surface area contributed by atoms with Gasteiger partial charge in [-0.25, -0.2) is 0 Å². The zero-order chi connectivity index (χ0) is 15.1. The minimum atomic E-state index is 0.283. The second kappa shape index (κ2) is 7.42. The molecule has 1 heterocycles. The maximum Gasteiger partial charge on any atom is 0.322 e. The molecule has 0 atom stereocenters. The maximum absolute atomic E-state index is 5.09. The SMILES string of the molecule is CCCc1ccc(Nc2nc(NCC)nc(OC)n2)cc1. The first-order valence-corrected chi connectivity index (χ1v) is 7.15. The van der Waals surface area contributed by atoms with Crippen LogP contribution in [0.25, 0.3) is 0 Å². The molecule has 0 amide bonds. The van der Waals surface area contributed by atoms with E-state index in [4.69, 9.17) is 4.74 Å². The first-order valence-electron chi connectivity index (χ1n) is 7.15. The average molecular weight is 287 g/mol. The van der Waals surface area contributed by atoms with Gasteiger partial charge in [-0.2, -0.15) is 15.0 Å². The minimum absolute atomic E-state index is 0.283. The third-order valence-electron chi connectivity index (χ3n) is 2.88. The summed E-state index contributed by atoms with van der Waals surface area (Å²) in [5, 5.41) is 6.22. The summed E-state index contributed by atoms with van der Waals surface area (Å²) in [6.07, 6.45) is 2.23. The first kappa shape index (κ1) is 15.0. The van der Waals surface area contributed by atoms with Gasteiger partial charge >= 0.3 is 6.01 Å². The largest absolute Gasteiger partial charge is 0.467 e.